The lowest BCUT2D eigenvalue weighted by molar-refractivity contribution is -0.113. The van der Waals surface area contributed by atoms with Crippen molar-refractivity contribution < 1.29 is 13.9 Å². The summed E-state index contributed by atoms with van der Waals surface area (Å²) in [7, 11) is 0. The first-order valence-electron chi connectivity index (χ1n) is 10.4. The van der Waals surface area contributed by atoms with Crippen molar-refractivity contribution in [1.82, 2.24) is 0 Å². The maximum atomic E-state index is 13.5. The quantitative estimate of drug-likeness (QED) is 0.206. The molecule has 1 amide bonds. The van der Waals surface area contributed by atoms with E-state index in [0.29, 0.717) is 21.5 Å². The van der Waals surface area contributed by atoms with E-state index in [2.05, 4.69) is 30.3 Å². The van der Waals surface area contributed by atoms with Gasteiger partial charge in [0, 0.05) is 0 Å². The van der Waals surface area contributed by atoms with Crippen molar-refractivity contribution in [2.45, 2.75) is 6.61 Å². The maximum absolute atomic E-state index is 13.5. The minimum atomic E-state index is -0.547. The Balaban J connectivity index is 1.27. The smallest absolute Gasteiger partial charge is 0.270 e. The summed E-state index contributed by atoms with van der Waals surface area (Å²) in [5.41, 5.74) is 2.37. The first kappa shape index (κ1) is 22.6. The Labute approximate surface area is 210 Å². The number of ether oxygens (including phenoxy) is 1. The van der Waals surface area contributed by atoms with Gasteiger partial charge in [0.2, 0.25) is 0 Å². The molecule has 4 aromatic carbocycles. The molecule has 0 aromatic heterocycles. The topological polar surface area (TPSA) is 29.5 Å². The van der Waals surface area contributed by atoms with Gasteiger partial charge in [-0.3, -0.25) is 9.69 Å². The fourth-order valence-corrected chi connectivity index (χ4v) is 5.10. The molecule has 0 saturated carbocycles. The second kappa shape index (κ2) is 9.58. The van der Waals surface area contributed by atoms with Crippen LogP contribution in [0.4, 0.5) is 10.1 Å². The SMILES string of the molecule is O=C1/C(=C/c2ccc(OCc3ccc4ccccc4c3)cc2)SC(=S)N1c1ccc(F)c(Cl)c1. The third kappa shape index (κ3) is 4.71. The molecule has 1 fully saturated rings. The number of anilines is 1. The van der Waals surface area contributed by atoms with Crippen LogP contribution in [0, 0.1) is 5.82 Å². The molecule has 0 unspecified atom stereocenters. The Morgan fingerprint density at radius 2 is 1.74 bits per heavy atom. The van der Waals surface area contributed by atoms with Crippen molar-refractivity contribution in [3.8, 4) is 5.75 Å². The van der Waals surface area contributed by atoms with Crippen LogP contribution in [0.5, 0.6) is 5.75 Å². The van der Waals surface area contributed by atoms with Crippen molar-refractivity contribution >= 4 is 68.3 Å². The Kier molecular flexibility index (Phi) is 6.37. The van der Waals surface area contributed by atoms with Gasteiger partial charge in [0.05, 0.1) is 15.6 Å². The lowest BCUT2D eigenvalue weighted by atomic mass is 10.1. The van der Waals surface area contributed by atoms with E-state index < -0.39 is 5.82 Å². The standard InChI is InChI=1S/C27H17ClFNO2S2/c28-23-15-21(9-12-24(23)29)30-26(31)25(34-27(30)33)14-17-6-10-22(11-7-17)32-16-18-5-8-19-3-1-2-4-20(19)13-18/h1-15H,16H2/b25-14-. The number of amides is 1. The summed E-state index contributed by atoms with van der Waals surface area (Å²) in [5, 5.41) is 2.32. The van der Waals surface area contributed by atoms with E-state index in [-0.39, 0.29) is 10.9 Å². The van der Waals surface area contributed by atoms with E-state index in [1.807, 2.05) is 36.4 Å². The first-order valence-corrected chi connectivity index (χ1v) is 12.0. The number of benzene rings is 4. The lowest BCUT2D eigenvalue weighted by Gasteiger charge is -2.14. The van der Waals surface area contributed by atoms with Gasteiger partial charge in [-0.05, 0) is 64.4 Å². The van der Waals surface area contributed by atoms with Crippen molar-refractivity contribution in [2.24, 2.45) is 0 Å². The number of thioether (sulfide) groups is 1. The number of rotatable bonds is 5. The average Bonchev–Trinajstić information content (AvgIpc) is 3.12. The van der Waals surface area contributed by atoms with Crippen LogP contribution in [0.25, 0.3) is 16.8 Å². The van der Waals surface area contributed by atoms with Gasteiger partial charge in [-0.15, -0.1) is 0 Å². The molecule has 4 aromatic rings. The van der Waals surface area contributed by atoms with Crippen LogP contribution < -0.4 is 9.64 Å². The number of carbonyl (C=O) groups excluding carboxylic acids is 1. The van der Waals surface area contributed by atoms with E-state index >= 15 is 0 Å². The maximum Gasteiger partial charge on any atom is 0.270 e. The van der Waals surface area contributed by atoms with E-state index in [1.54, 1.807) is 6.08 Å². The summed E-state index contributed by atoms with van der Waals surface area (Å²) < 4.78 is 19.8. The van der Waals surface area contributed by atoms with E-state index in [9.17, 15) is 9.18 Å². The van der Waals surface area contributed by atoms with E-state index in [1.165, 1.54) is 45.6 Å². The summed E-state index contributed by atoms with van der Waals surface area (Å²) in [6.45, 7) is 0.461. The molecule has 168 valence electrons. The fourth-order valence-electron chi connectivity index (χ4n) is 3.62. The zero-order valence-corrected chi connectivity index (χ0v) is 20.1. The fraction of sp³-hybridized carbons (Fsp3) is 0.0370. The average molecular weight is 506 g/mol. The van der Waals surface area contributed by atoms with Gasteiger partial charge < -0.3 is 4.74 Å². The Morgan fingerprint density at radius 3 is 2.50 bits per heavy atom. The van der Waals surface area contributed by atoms with E-state index in [0.717, 1.165) is 16.9 Å². The third-order valence-electron chi connectivity index (χ3n) is 5.35. The number of thiocarbonyl (C=S) groups is 1. The van der Waals surface area contributed by atoms with Gasteiger partial charge in [-0.2, -0.15) is 0 Å². The second-order valence-electron chi connectivity index (χ2n) is 7.65. The van der Waals surface area contributed by atoms with Crippen LogP contribution in [-0.2, 0) is 11.4 Å². The minimum Gasteiger partial charge on any atom is -0.489 e. The van der Waals surface area contributed by atoms with Crippen molar-refractivity contribution in [2.75, 3.05) is 4.90 Å². The predicted octanol–water partition coefficient (Wildman–Crippen LogP) is 7.62. The molecule has 5 rings (SSSR count). The van der Waals surface area contributed by atoms with Crippen molar-refractivity contribution in [3.05, 3.63) is 112 Å². The summed E-state index contributed by atoms with van der Waals surface area (Å²) >= 11 is 12.4. The van der Waals surface area contributed by atoms with Crippen LogP contribution >= 0.6 is 35.6 Å². The molecule has 34 heavy (non-hydrogen) atoms. The highest BCUT2D eigenvalue weighted by atomic mass is 35.5. The van der Waals surface area contributed by atoms with Crippen LogP contribution in [0.2, 0.25) is 5.02 Å². The molecule has 1 heterocycles. The summed E-state index contributed by atoms with van der Waals surface area (Å²) in [6, 6.07) is 26.1. The third-order valence-corrected chi connectivity index (χ3v) is 6.94. The molecule has 1 aliphatic heterocycles. The number of hydrogen-bond acceptors (Lipinski definition) is 4. The zero-order valence-electron chi connectivity index (χ0n) is 17.7. The number of fused-ring (bicyclic) bond motifs is 1. The van der Waals surface area contributed by atoms with Crippen molar-refractivity contribution in [3.63, 3.8) is 0 Å². The lowest BCUT2D eigenvalue weighted by Crippen LogP contribution is -2.27. The monoisotopic (exact) mass is 505 g/mol. The van der Waals surface area contributed by atoms with Gasteiger partial charge in [0.1, 0.15) is 18.2 Å². The van der Waals surface area contributed by atoms with Crippen molar-refractivity contribution in [1.29, 1.82) is 0 Å². The predicted molar refractivity (Wildman–Crippen MR) is 142 cm³/mol. The molecule has 1 saturated heterocycles. The molecule has 3 nitrogen and oxygen atoms in total. The summed E-state index contributed by atoms with van der Waals surface area (Å²) in [4.78, 5) is 14.8. The van der Waals surface area contributed by atoms with Gasteiger partial charge in [-0.1, -0.05) is 84.1 Å². The molecular weight excluding hydrogens is 489 g/mol. The van der Waals surface area contributed by atoms with Crippen LogP contribution in [0.15, 0.2) is 89.8 Å². The normalized spacial score (nSPS) is 14.9. The highest BCUT2D eigenvalue weighted by Crippen LogP contribution is 2.37. The zero-order chi connectivity index (χ0) is 23.7. The summed E-state index contributed by atoms with van der Waals surface area (Å²) in [6.07, 6.45) is 1.78. The highest BCUT2D eigenvalue weighted by molar-refractivity contribution is 8.27. The number of carbonyl (C=O) groups is 1. The molecule has 7 heteroatoms. The van der Waals surface area contributed by atoms with Gasteiger partial charge in [-0.25, -0.2) is 4.39 Å². The molecule has 0 atom stereocenters. The second-order valence-corrected chi connectivity index (χ2v) is 9.74. The van der Waals surface area contributed by atoms with Gasteiger partial charge in [0.15, 0.2) is 4.32 Å². The molecule has 0 radical (unpaired) electrons. The Morgan fingerprint density at radius 1 is 0.971 bits per heavy atom. The van der Waals surface area contributed by atoms with E-state index in [4.69, 9.17) is 28.6 Å². The molecule has 0 spiro atoms. The minimum absolute atomic E-state index is 0.0604. The first-order chi connectivity index (χ1) is 16.5. The Hall–Kier alpha value is -3.19. The van der Waals surface area contributed by atoms with Crippen LogP contribution in [0.1, 0.15) is 11.1 Å². The van der Waals surface area contributed by atoms with Crippen LogP contribution in [0.3, 0.4) is 0 Å². The number of hydrogen-bond donors (Lipinski definition) is 0. The number of nitrogens with zero attached hydrogens (tertiary/aromatic N) is 1. The molecule has 0 bridgehead atoms. The molecular formula is C27H17ClFNO2S2. The summed E-state index contributed by atoms with van der Waals surface area (Å²) in [5.74, 6) is -0.0811. The van der Waals surface area contributed by atoms with Gasteiger partial charge in [0.25, 0.3) is 5.91 Å². The Bertz CT molecular complexity index is 1450. The molecule has 0 aliphatic carbocycles. The number of halogens is 2. The van der Waals surface area contributed by atoms with Crippen LogP contribution in [-0.4, -0.2) is 10.2 Å². The molecule has 0 N–H and O–H groups in total. The highest BCUT2D eigenvalue weighted by Gasteiger charge is 2.33. The largest absolute Gasteiger partial charge is 0.489 e. The van der Waals surface area contributed by atoms with Gasteiger partial charge >= 0.3 is 0 Å². The molecule has 1 aliphatic rings.